The highest BCUT2D eigenvalue weighted by Gasteiger charge is 2.42. The lowest BCUT2D eigenvalue weighted by Gasteiger charge is -2.33. The molecule has 1 unspecified atom stereocenters. The topological polar surface area (TPSA) is 80.7 Å². The standard InChI is InChI=1S/C22H23F3N2O4/c1-4-30-21(29)19-16(11-28)27-15-9-10-26-20(31-12(2)3)18(15)17(19)13-7-5-6-8-14(13)22(23,24)25/h5-10,12,17,27-28H,4,11H2,1-3H3. The van der Waals surface area contributed by atoms with Gasteiger partial charge in [0.25, 0.3) is 0 Å². The first-order valence-corrected chi connectivity index (χ1v) is 9.78. The van der Waals surface area contributed by atoms with E-state index in [4.69, 9.17) is 9.47 Å². The number of esters is 1. The van der Waals surface area contributed by atoms with Gasteiger partial charge >= 0.3 is 12.1 Å². The van der Waals surface area contributed by atoms with Gasteiger partial charge in [-0.3, -0.25) is 0 Å². The molecule has 0 fully saturated rings. The molecule has 1 aromatic heterocycles. The number of anilines is 1. The van der Waals surface area contributed by atoms with Crippen LogP contribution >= 0.6 is 0 Å². The molecule has 31 heavy (non-hydrogen) atoms. The summed E-state index contributed by atoms with van der Waals surface area (Å²) < 4.78 is 52.6. The number of halogens is 3. The first-order valence-electron chi connectivity index (χ1n) is 9.78. The maximum atomic E-state index is 13.9. The molecule has 6 nitrogen and oxygen atoms in total. The zero-order valence-corrected chi connectivity index (χ0v) is 17.3. The maximum Gasteiger partial charge on any atom is 0.416 e. The molecule has 0 aliphatic carbocycles. The second kappa shape index (κ2) is 8.97. The predicted molar refractivity (Wildman–Crippen MR) is 108 cm³/mol. The van der Waals surface area contributed by atoms with Crippen molar-refractivity contribution >= 4 is 11.7 Å². The van der Waals surface area contributed by atoms with Gasteiger partial charge < -0.3 is 19.9 Å². The number of rotatable bonds is 6. The Bertz CT molecular complexity index is 1000. The van der Waals surface area contributed by atoms with Crippen LogP contribution in [0.25, 0.3) is 0 Å². The molecule has 3 rings (SSSR count). The van der Waals surface area contributed by atoms with Crippen LogP contribution in [0.5, 0.6) is 5.88 Å². The Morgan fingerprint density at radius 1 is 1.26 bits per heavy atom. The molecule has 0 bridgehead atoms. The van der Waals surface area contributed by atoms with Gasteiger partial charge in [-0.25, -0.2) is 9.78 Å². The first kappa shape index (κ1) is 22.6. The number of nitrogens with zero attached hydrogens (tertiary/aromatic N) is 1. The van der Waals surface area contributed by atoms with Crippen molar-refractivity contribution in [2.24, 2.45) is 0 Å². The largest absolute Gasteiger partial charge is 0.475 e. The summed E-state index contributed by atoms with van der Waals surface area (Å²) >= 11 is 0. The third-order valence-corrected chi connectivity index (χ3v) is 4.72. The minimum atomic E-state index is -4.66. The summed E-state index contributed by atoms with van der Waals surface area (Å²) in [5.74, 6) is -1.94. The average molecular weight is 436 g/mol. The van der Waals surface area contributed by atoms with Crippen LogP contribution in [0.4, 0.5) is 18.9 Å². The number of ether oxygens (including phenoxy) is 2. The lowest BCUT2D eigenvalue weighted by atomic mass is 9.79. The van der Waals surface area contributed by atoms with Gasteiger partial charge in [0.1, 0.15) is 0 Å². The van der Waals surface area contributed by atoms with Crippen molar-refractivity contribution in [2.45, 2.75) is 39.0 Å². The molecule has 1 atom stereocenters. The van der Waals surface area contributed by atoms with Crippen molar-refractivity contribution in [3.63, 3.8) is 0 Å². The molecule has 2 N–H and O–H groups in total. The summed E-state index contributed by atoms with van der Waals surface area (Å²) in [6.45, 7) is 4.54. The zero-order chi connectivity index (χ0) is 22.8. The first-order chi connectivity index (χ1) is 14.7. The number of aromatic nitrogens is 1. The van der Waals surface area contributed by atoms with Gasteiger partial charge in [-0.05, 0) is 38.5 Å². The summed E-state index contributed by atoms with van der Waals surface area (Å²) in [5, 5.41) is 12.9. The molecule has 2 aromatic rings. The Hall–Kier alpha value is -3.07. The Morgan fingerprint density at radius 2 is 1.97 bits per heavy atom. The second-order valence-corrected chi connectivity index (χ2v) is 7.16. The molecule has 0 radical (unpaired) electrons. The van der Waals surface area contributed by atoms with Crippen LogP contribution in [0.1, 0.15) is 43.4 Å². The van der Waals surface area contributed by atoms with Gasteiger partial charge in [-0.2, -0.15) is 13.2 Å². The van der Waals surface area contributed by atoms with Crippen molar-refractivity contribution in [2.75, 3.05) is 18.5 Å². The van der Waals surface area contributed by atoms with E-state index in [2.05, 4.69) is 10.3 Å². The molecule has 0 saturated carbocycles. The van der Waals surface area contributed by atoms with E-state index in [-0.39, 0.29) is 41.0 Å². The summed E-state index contributed by atoms with van der Waals surface area (Å²) in [7, 11) is 0. The van der Waals surface area contributed by atoms with Crippen LogP contribution in [0, 0.1) is 0 Å². The van der Waals surface area contributed by atoms with Crippen LogP contribution in [0.15, 0.2) is 47.8 Å². The highest BCUT2D eigenvalue weighted by molar-refractivity contribution is 5.95. The molecule has 2 heterocycles. The molecular weight excluding hydrogens is 413 g/mol. The number of hydrogen-bond donors (Lipinski definition) is 2. The molecular formula is C22H23F3N2O4. The monoisotopic (exact) mass is 436 g/mol. The van der Waals surface area contributed by atoms with Gasteiger partial charge in [0.15, 0.2) is 0 Å². The molecule has 1 aliphatic rings. The summed E-state index contributed by atoms with van der Waals surface area (Å²) in [4.78, 5) is 17.1. The summed E-state index contributed by atoms with van der Waals surface area (Å²) in [6.07, 6.45) is -3.53. The van der Waals surface area contributed by atoms with Crippen LogP contribution in [0.3, 0.4) is 0 Å². The van der Waals surface area contributed by atoms with Crippen molar-refractivity contribution in [3.8, 4) is 5.88 Å². The number of alkyl halides is 3. The zero-order valence-electron chi connectivity index (χ0n) is 17.3. The SMILES string of the molecule is CCOC(=O)C1=C(CO)Nc2ccnc(OC(C)C)c2C1c1ccccc1C(F)(F)F. The van der Waals surface area contributed by atoms with Crippen molar-refractivity contribution in [3.05, 3.63) is 64.5 Å². The number of pyridine rings is 1. The number of carbonyl (C=O) groups excluding carboxylic acids is 1. The van der Waals surface area contributed by atoms with E-state index in [1.165, 1.54) is 24.4 Å². The molecule has 0 amide bonds. The summed E-state index contributed by atoms with van der Waals surface area (Å²) in [6, 6.07) is 6.57. The van der Waals surface area contributed by atoms with Crippen LogP contribution in [-0.4, -0.2) is 35.4 Å². The van der Waals surface area contributed by atoms with Crippen molar-refractivity contribution in [1.29, 1.82) is 0 Å². The Balaban J connectivity index is 2.36. The minimum absolute atomic E-state index is 0.0178. The van der Waals surface area contributed by atoms with E-state index in [9.17, 15) is 23.1 Å². The fourth-order valence-corrected chi connectivity index (χ4v) is 3.60. The second-order valence-electron chi connectivity index (χ2n) is 7.16. The molecule has 0 saturated heterocycles. The lowest BCUT2D eigenvalue weighted by Crippen LogP contribution is -2.29. The third-order valence-electron chi connectivity index (χ3n) is 4.72. The smallest absolute Gasteiger partial charge is 0.416 e. The van der Waals surface area contributed by atoms with E-state index in [1.807, 2.05) is 0 Å². The Morgan fingerprint density at radius 3 is 2.58 bits per heavy atom. The predicted octanol–water partition coefficient (Wildman–Crippen LogP) is 4.25. The van der Waals surface area contributed by atoms with Gasteiger partial charge in [-0.15, -0.1) is 0 Å². The van der Waals surface area contributed by atoms with Gasteiger partial charge in [0.05, 0.1) is 42.1 Å². The van der Waals surface area contributed by atoms with Crippen molar-refractivity contribution < 1.29 is 32.5 Å². The van der Waals surface area contributed by atoms with E-state index >= 15 is 0 Å². The number of aliphatic hydroxyl groups is 1. The molecule has 1 aromatic carbocycles. The van der Waals surface area contributed by atoms with E-state index in [1.54, 1.807) is 26.8 Å². The molecule has 0 spiro atoms. The fraction of sp³-hybridized carbons (Fsp3) is 0.364. The number of aliphatic hydroxyl groups excluding tert-OH is 1. The van der Waals surface area contributed by atoms with Gasteiger partial charge in [0.2, 0.25) is 5.88 Å². The highest BCUT2D eigenvalue weighted by Crippen LogP contribution is 2.48. The molecule has 166 valence electrons. The molecule has 9 heteroatoms. The summed E-state index contributed by atoms with van der Waals surface area (Å²) in [5.41, 5.74) is -0.442. The normalized spacial score (nSPS) is 16.1. The third kappa shape index (κ3) is 4.51. The number of benzene rings is 1. The lowest BCUT2D eigenvalue weighted by molar-refractivity contribution is -0.140. The van der Waals surface area contributed by atoms with E-state index in [0.29, 0.717) is 5.69 Å². The quantitative estimate of drug-likeness (QED) is 0.659. The Kier molecular flexibility index (Phi) is 6.54. The van der Waals surface area contributed by atoms with Gasteiger partial charge in [0, 0.05) is 17.4 Å². The van der Waals surface area contributed by atoms with Crippen LogP contribution < -0.4 is 10.1 Å². The van der Waals surface area contributed by atoms with Crippen molar-refractivity contribution in [1.82, 2.24) is 4.98 Å². The van der Waals surface area contributed by atoms with E-state index < -0.39 is 30.2 Å². The number of hydrogen-bond acceptors (Lipinski definition) is 6. The number of nitrogens with one attached hydrogen (secondary N) is 1. The number of fused-ring (bicyclic) bond motifs is 1. The Labute approximate surface area is 177 Å². The minimum Gasteiger partial charge on any atom is -0.475 e. The highest BCUT2D eigenvalue weighted by atomic mass is 19.4. The van der Waals surface area contributed by atoms with E-state index in [0.717, 1.165) is 6.07 Å². The maximum absolute atomic E-state index is 13.9. The van der Waals surface area contributed by atoms with Crippen LogP contribution in [0.2, 0.25) is 0 Å². The van der Waals surface area contributed by atoms with Gasteiger partial charge in [-0.1, -0.05) is 18.2 Å². The fourth-order valence-electron chi connectivity index (χ4n) is 3.60. The number of carbonyl (C=O) groups is 1. The average Bonchev–Trinajstić information content (AvgIpc) is 2.71. The molecule has 1 aliphatic heterocycles. The van der Waals surface area contributed by atoms with Crippen LogP contribution in [-0.2, 0) is 15.7 Å².